The number of benzene rings is 2. The highest BCUT2D eigenvalue weighted by atomic mass is 16.5. The number of fused-ring (bicyclic) bond motifs is 1. The number of rotatable bonds is 6. The predicted octanol–water partition coefficient (Wildman–Crippen LogP) is 2.67. The molecule has 0 saturated carbocycles. The Morgan fingerprint density at radius 3 is 2.59 bits per heavy atom. The molecule has 2 heterocycles. The molecule has 0 aliphatic carbocycles. The molecule has 1 amide bonds. The Hall–Kier alpha value is -2.99. The summed E-state index contributed by atoms with van der Waals surface area (Å²) in [5, 5.41) is 8.83. The van der Waals surface area contributed by atoms with E-state index in [9.17, 15) is 9.59 Å². The van der Waals surface area contributed by atoms with Crippen LogP contribution in [0, 0.1) is 0 Å². The van der Waals surface area contributed by atoms with Gasteiger partial charge in [0, 0.05) is 25.0 Å². The van der Waals surface area contributed by atoms with Gasteiger partial charge >= 0.3 is 0 Å². The van der Waals surface area contributed by atoms with Crippen molar-refractivity contribution >= 4 is 16.7 Å². The van der Waals surface area contributed by atoms with E-state index in [1.54, 1.807) is 6.07 Å². The van der Waals surface area contributed by atoms with E-state index in [1.807, 2.05) is 48.5 Å². The second kappa shape index (κ2) is 9.01. The van der Waals surface area contributed by atoms with Crippen LogP contribution in [0.2, 0.25) is 0 Å². The Bertz CT molecular complexity index is 1040. The number of nitrogens with zero attached hydrogens (tertiary/aromatic N) is 2. The lowest BCUT2D eigenvalue weighted by Gasteiger charge is -2.22. The molecule has 1 saturated heterocycles. The van der Waals surface area contributed by atoms with Crippen LogP contribution in [-0.4, -0.2) is 34.9 Å². The third-order valence-electron chi connectivity index (χ3n) is 5.25. The van der Waals surface area contributed by atoms with Gasteiger partial charge < -0.3 is 10.1 Å². The monoisotopic (exact) mass is 391 g/mol. The molecule has 1 aliphatic heterocycles. The normalized spacial score (nSPS) is 16.6. The van der Waals surface area contributed by atoms with E-state index >= 15 is 0 Å². The number of aromatic nitrogens is 2. The second-order valence-corrected chi connectivity index (χ2v) is 7.41. The molecule has 1 aromatic heterocycles. The van der Waals surface area contributed by atoms with Crippen LogP contribution in [0.15, 0.2) is 59.4 Å². The minimum absolute atomic E-state index is 0.0580. The Kier molecular flexibility index (Phi) is 6.00. The zero-order chi connectivity index (χ0) is 20.1. The van der Waals surface area contributed by atoms with Crippen molar-refractivity contribution in [3.63, 3.8) is 0 Å². The molecule has 0 radical (unpaired) electrons. The smallest absolute Gasteiger partial charge is 0.275 e. The van der Waals surface area contributed by atoms with E-state index in [0.29, 0.717) is 18.4 Å². The molecule has 0 spiro atoms. The van der Waals surface area contributed by atoms with Gasteiger partial charge in [-0.1, -0.05) is 48.5 Å². The molecule has 1 fully saturated rings. The van der Waals surface area contributed by atoms with Gasteiger partial charge in [0.2, 0.25) is 5.91 Å². The maximum absolute atomic E-state index is 12.9. The third kappa shape index (κ3) is 4.71. The summed E-state index contributed by atoms with van der Waals surface area (Å²) in [6, 6.07) is 17.4. The van der Waals surface area contributed by atoms with Gasteiger partial charge in [-0.15, -0.1) is 0 Å². The molecule has 6 nitrogen and oxygen atoms in total. The molecule has 1 aliphatic rings. The van der Waals surface area contributed by atoms with Crippen molar-refractivity contribution in [2.75, 3.05) is 13.2 Å². The first-order chi connectivity index (χ1) is 14.2. The van der Waals surface area contributed by atoms with Crippen molar-refractivity contribution in [2.24, 2.45) is 0 Å². The largest absolute Gasteiger partial charge is 0.376 e. The number of nitrogens with one attached hydrogen (secondary N) is 1. The Labute approximate surface area is 169 Å². The highest BCUT2D eigenvalue weighted by molar-refractivity contribution is 5.84. The molecule has 2 aromatic carbocycles. The van der Waals surface area contributed by atoms with E-state index in [-0.39, 0.29) is 24.1 Å². The molecule has 6 heteroatoms. The number of carbonyl (C=O) groups is 1. The SMILES string of the molecule is O=C(Cn1nc(Cc2ccccc2)c2ccccc2c1=O)NC[C@H]1CCCCO1. The van der Waals surface area contributed by atoms with Crippen molar-refractivity contribution in [1.82, 2.24) is 15.1 Å². The topological polar surface area (TPSA) is 73.2 Å². The Morgan fingerprint density at radius 2 is 1.83 bits per heavy atom. The van der Waals surface area contributed by atoms with Crippen molar-refractivity contribution in [3.05, 3.63) is 76.2 Å². The first-order valence-electron chi connectivity index (χ1n) is 10.1. The molecule has 3 aromatic rings. The summed E-state index contributed by atoms with van der Waals surface area (Å²) >= 11 is 0. The number of ether oxygens (including phenoxy) is 1. The second-order valence-electron chi connectivity index (χ2n) is 7.41. The zero-order valence-electron chi connectivity index (χ0n) is 16.3. The summed E-state index contributed by atoms with van der Waals surface area (Å²) in [6.07, 6.45) is 3.80. The summed E-state index contributed by atoms with van der Waals surface area (Å²) < 4.78 is 6.92. The van der Waals surface area contributed by atoms with E-state index in [1.165, 1.54) is 4.68 Å². The molecular formula is C23H25N3O3. The third-order valence-corrected chi connectivity index (χ3v) is 5.25. The van der Waals surface area contributed by atoms with Crippen molar-refractivity contribution < 1.29 is 9.53 Å². The van der Waals surface area contributed by atoms with Gasteiger partial charge in [-0.25, -0.2) is 4.68 Å². The van der Waals surface area contributed by atoms with E-state index < -0.39 is 0 Å². The van der Waals surface area contributed by atoms with Gasteiger partial charge in [-0.3, -0.25) is 9.59 Å². The van der Waals surface area contributed by atoms with Crippen LogP contribution in [0.5, 0.6) is 0 Å². The van der Waals surface area contributed by atoms with Gasteiger partial charge in [0.15, 0.2) is 0 Å². The first kappa shape index (κ1) is 19.3. The van der Waals surface area contributed by atoms with Crippen LogP contribution in [0.4, 0.5) is 0 Å². The summed E-state index contributed by atoms with van der Waals surface area (Å²) in [6.45, 7) is 1.12. The Morgan fingerprint density at radius 1 is 1.07 bits per heavy atom. The highest BCUT2D eigenvalue weighted by Gasteiger charge is 2.16. The van der Waals surface area contributed by atoms with Gasteiger partial charge in [0.1, 0.15) is 6.54 Å². The minimum atomic E-state index is -0.249. The molecule has 29 heavy (non-hydrogen) atoms. The van der Waals surface area contributed by atoms with E-state index in [2.05, 4.69) is 10.4 Å². The fourth-order valence-corrected chi connectivity index (χ4v) is 3.72. The van der Waals surface area contributed by atoms with Crippen molar-refractivity contribution in [1.29, 1.82) is 0 Å². The summed E-state index contributed by atoms with van der Waals surface area (Å²) in [4.78, 5) is 25.3. The quantitative estimate of drug-likeness (QED) is 0.701. The zero-order valence-corrected chi connectivity index (χ0v) is 16.3. The molecule has 1 atom stereocenters. The summed E-state index contributed by atoms with van der Waals surface area (Å²) in [7, 11) is 0. The van der Waals surface area contributed by atoms with Crippen LogP contribution < -0.4 is 10.9 Å². The van der Waals surface area contributed by atoms with E-state index in [0.717, 1.165) is 42.5 Å². The molecule has 0 bridgehead atoms. The average Bonchev–Trinajstić information content (AvgIpc) is 2.77. The van der Waals surface area contributed by atoms with Crippen LogP contribution in [0.3, 0.4) is 0 Å². The number of hydrogen-bond acceptors (Lipinski definition) is 4. The van der Waals surface area contributed by atoms with Crippen molar-refractivity contribution in [3.8, 4) is 0 Å². The van der Waals surface area contributed by atoms with Gasteiger partial charge in [-0.2, -0.15) is 5.10 Å². The number of amides is 1. The number of hydrogen-bond donors (Lipinski definition) is 1. The van der Waals surface area contributed by atoms with Crippen molar-refractivity contribution in [2.45, 2.75) is 38.3 Å². The van der Waals surface area contributed by atoms with Crippen LogP contribution in [0.25, 0.3) is 10.8 Å². The van der Waals surface area contributed by atoms with Gasteiger partial charge in [0.25, 0.3) is 5.56 Å². The van der Waals surface area contributed by atoms with E-state index in [4.69, 9.17) is 4.74 Å². The minimum Gasteiger partial charge on any atom is -0.376 e. The molecular weight excluding hydrogens is 366 g/mol. The fraction of sp³-hybridized carbons (Fsp3) is 0.348. The molecule has 1 N–H and O–H groups in total. The molecule has 0 unspecified atom stereocenters. The fourth-order valence-electron chi connectivity index (χ4n) is 3.72. The number of carbonyl (C=O) groups excluding carboxylic acids is 1. The predicted molar refractivity (Wildman–Crippen MR) is 112 cm³/mol. The lowest BCUT2D eigenvalue weighted by atomic mass is 10.0. The molecule has 150 valence electrons. The lowest BCUT2D eigenvalue weighted by Crippen LogP contribution is -2.39. The maximum atomic E-state index is 12.9. The highest BCUT2D eigenvalue weighted by Crippen LogP contribution is 2.17. The van der Waals surface area contributed by atoms with Crippen LogP contribution in [0.1, 0.15) is 30.5 Å². The van der Waals surface area contributed by atoms with Gasteiger partial charge in [-0.05, 0) is 30.9 Å². The van der Waals surface area contributed by atoms with Gasteiger partial charge in [0.05, 0.1) is 17.2 Å². The molecule has 4 rings (SSSR count). The summed E-state index contributed by atoms with van der Waals surface area (Å²) in [5.74, 6) is -0.227. The van der Waals surface area contributed by atoms with Crippen LogP contribution >= 0.6 is 0 Å². The maximum Gasteiger partial charge on any atom is 0.275 e. The lowest BCUT2D eigenvalue weighted by molar-refractivity contribution is -0.122. The Balaban J connectivity index is 1.56. The van der Waals surface area contributed by atoms with Crippen LogP contribution in [-0.2, 0) is 22.5 Å². The standard InChI is InChI=1S/C23H25N3O3/c27-22(24-15-18-10-6-7-13-29-18)16-26-23(28)20-12-5-4-11-19(20)21(25-26)14-17-8-2-1-3-9-17/h1-5,8-9,11-12,18H,6-7,10,13-16H2,(H,24,27)/t18-/m1/s1. The average molecular weight is 391 g/mol. The summed E-state index contributed by atoms with van der Waals surface area (Å²) in [5.41, 5.74) is 1.64. The first-order valence-corrected chi connectivity index (χ1v) is 10.1.